The summed E-state index contributed by atoms with van der Waals surface area (Å²) in [5, 5.41) is 11.1. The Kier molecular flexibility index (Phi) is 7.02. The molecule has 0 fully saturated rings. The highest BCUT2D eigenvalue weighted by atomic mass is 15.4. The molecule has 0 saturated carbocycles. The van der Waals surface area contributed by atoms with Crippen LogP contribution < -0.4 is 10.3 Å². The number of rotatable bonds is 5. The van der Waals surface area contributed by atoms with Gasteiger partial charge in [0, 0.05) is 38.8 Å². The minimum absolute atomic E-state index is 0.199. The molecule has 2 N–H and O–H groups in total. The van der Waals surface area contributed by atoms with Crippen LogP contribution in [0, 0.1) is 5.41 Å². The summed E-state index contributed by atoms with van der Waals surface area (Å²) in [7, 11) is 0. The van der Waals surface area contributed by atoms with Crippen molar-refractivity contribution in [2.75, 3.05) is 10.3 Å². The molecule has 0 saturated heterocycles. The number of para-hydroxylation sites is 3. The van der Waals surface area contributed by atoms with E-state index in [1.54, 1.807) is 0 Å². The fourth-order valence-corrected chi connectivity index (χ4v) is 7.30. The predicted molar refractivity (Wildman–Crippen MR) is 204 cm³/mol. The lowest BCUT2D eigenvalue weighted by atomic mass is 9.89. The number of hydrogen-bond acceptors (Lipinski definition) is 2. The molecular weight excluding hydrogens is 599 g/mol. The zero-order valence-electron chi connectivity index (χ0n) is 26.8. The second-order valence-corrected chi connectivity index (χ2v) is 12.5. The highest BCUT2D eigenvalue weighted by Crippen LogP contribution is 2.49. The fourth-order valence-electron chi connectivity index (χ4n) is 7.30. The lowest BCUT2D eigenvalue weighted by Gasteiger charge is -2.29. The Morgan fingerprint density at radius 3 is 2.10 bits per heavy atom. The first-order valence-corrected chi connectivity index (χ1v) is 16.7. The molecule has 234 valence electrons. The number of amidine groups is 2. The van der Waals surface area contributed by atoms with Crippen LogP contribution in [0.2, 0.25) is 0 Å². The molecule has 0 amide bonds. The van der Waals surface area contributed by atoms with Crippen LogP contribution in [0.4, 0.5) is 11.4 Å². The molecule has 0 bridgehead atoms. The van der Waals surface area contributed by atoms with Gasteiger partial charge in [-0.3, -0.25) is 15.5 Å². The normalized spacial score (nSPS) is 15.5. The summed E-state index contributed by atoms with van der Waals surface area (Å²) in [6, 6.07) is 54.7. The van der Waals surface area contributed by atoms with Crippen LogP contribution in [-0.2, 0) is 0 Å². The minimum Gasteiger partial charge on any atom is -0.333 e. The van der Waals surface area contributed by atoms with Crippen LogP contribution in [0.5, 0.6) is 0 Å². The molecule has 7 aromatic rings. The summed E-state index contributed by atoms with van der Waals surface area (Å²) in [6.45, 7) is 0. The van der Waals surface area contributed by atoms with Crippen LogP contribution in [0.3, 0.4) is 0 Å². The van der Waals surface area contributed by atoms with Crippen molar-refractivity contribution in [3.63, 3.8) is 0 Å². The van der Waals surface area contributed by atoms with Crippen molar-refractivity contribution in [3.05, 3.63) is 192 Å². The number of benzene rings is 6. The minimum atomic E-state index is 0.199. The Hall–Kier alpha value is -6.46. The summed E-state index contributed by atoms with van der Waals surface area (Å²) in [4.78, 5) is 7.31. The van der Waals surface area contributed by atoms with Crippen LogP contribution in [-0.4, -0.2) is 22.4 Å². The topological polar surface area (TPSA) is 56.4 Å². The number of allylic oxidation sites excluding steroid dienone is 2. The van der Waals surface area contributed by atoms with Crippen molar-refractivity contribution in [2.24, 2.45) is 4.99 Å². The van der Waals surface area contributed by atoms with E-state index in [1.807, 2.05) is 60.7 Å². The fraction of sp³-hybridized carbons (Fsp3) is 0.0455. The van der Waals surface area contributed by atoms with Crippen LogP contribution in [0.1, 0.15) is 28.7 Å². The Morgan fingerprint density at radius 1 is 0.653 bits per heavy atom. The van der Waals surface area contributed by atoms with Gasteiger partial charge in [-0.1, -0.05) is 127 Å². The standard InChI is InChI=1S/C44H33N5/c45-43(30-14-4-1-5-15-30)46-44(31-16-6-2-7-17-31)47-49-41-23-13-11-21-36(41)38-29-33(25-27-42(38)49)32-24-26-40-37(28-32)35-20-10-12-22-39(35)48(40)34-18-8-3-9-19-34/h1-25,27-29,40H,26H2,(H2,45,46,47). The first kappa shape index (κ1) is 28.7. The van der Waals surface area contributed by atoms with Crippen LogP contribution in [0.25, 0.3) is 33.0 Å². The van der Waals surface area contributed by atoms with E-state index in [0.717, 1.165) is 39.4 Å². The van der Waals surface area contributed by atoms with Gasteiger partial charge in [0.2, 0.25) is 0 Å². The smallest absolute Gasteiger partial charge is 0.154 e. The van der Waals surface area contributed by atoms with E-state index < -0.39 is 0 Å². The molecule has 2 aliphatic rings. The third-order valence-electron chi connectivity index (χ3n) is 9.59. The van der Waals surface area contributed by atoms with Crippen molar-refractivity contribution in [3.8, 4) is 0 Å². The van der Waals surface area contributed by atoms with Gasteiger partial charge in [-0.25, -0.2) is 4.99 Å². The Bertz CT molecular complexity index is 2450. The van der Waals surface area contributed by atoms with Crippen molar-refractivity contribution in [1.29, 1.82) is 5.41 Å². The highest BCUT2D eigenvalue weighted by molar-refractivity contribution is 6.16. The van der Waals surface area contributed by atoms with Gasteiger partial charge < -0.3 is 4.90 Å². The van der Waals surface area contributed by atoms with E-state index in [4.69, 9.17) is 10.4 Å². The third-order valence-corrected chi connectivity index (χ3v) is 9.59. The average molecular weight is 632 g/mol. The van der Waals surface area contributed by atoms with Crippen molar-refractivity contribution < 1.29 is 0 Å². The number of anilines is 2. The van der Waals surface area contributed by atoms with Crippen molar-refractivity contribution in [1.82, 2.24) is 4.68 Å². The van der Waals surface area contributed by atoms with Crippen LogP contribution in [0.15, 0.2) is 175 Å². The lowest BCUT2D eigenvalue weighted by molar-refractivity contribution is 0.831. The molecule has 1 unspecified atom stereocenters. The predicted octanol–water partition coefficient (Wildman–Crippen LogP) is 10.2. The third kappa shape index (κ3) is 5.04. The first-order valence-electron chi connectivity index (χ1n) is 16.7. The molecule has 5 nitrogen and oxygen atoms in total. The number of nitrogens with one attached hydrogen (secondary N) is 2. The molecule has 1 atom stereocenters. The summed E-state index contributed by atoms with van der Waals surface area (Å²) >= 11 is 0. The molecule has 1 aliphatic heterocycles. The monoisotopic (exact) mass is 631 g/mol. The van der Waals surface area contributed by atoms with Crippen LogP contribution >= 0.6 is 0 Å². The molecular formula is C44H33N5. The van der Waals surface area contributed by atoms with Gasteiger partial charge in [-0.05, 0) is 65.6 Å². The van der Waals surface area contributed by atoms with Gasteiger partial charge in [-0.2, -0.15) is 0 Å². The number of aliphatic imine (C=N–C) groups is 1. The Morgan fingerprint density at radius 2 is 1.31 bits per heavy atom. The van der Waals surface area contributed by atoms with Gasteiger partial charge >= 0.3 is 0 Å². The molecule has 0 spiro atoms. The Balaban J connectivity index is 1.12. The van der Waals surface area contributed by atoms with Crippen molar-refractivity contribution >= 4 is 56.0 Å². The first-order chi connectivity index (χ1) is 24.2. The second kappa shape index (κ2) is 12.0. The lowest BCUT2D eigenvalue weighted by Crippen LogP contribution is -2.27. The van der Waals surface area contributed by atoms with E-state index >= 15 is 0 Å². The summed E-state index contributed by atoms with van der Waals surface area (Å²) in [6.07, 6.45) is 5.71. The summed E-state index contributed by atoms with van der Waals surface area (Å²) in [5.41, 5.74) is 15.0. The number of fused-ring (bicyclic) bond motifs is 6. The SMILES string of the molecule is N=C(N=C(Nn1c2ccccc2c2cc(C3=CCC4C(=C3)c3ccccc3N4c3ccccc3)ccc21)c1ccccc1)c1ccccc1. The van der Waals surface area contributed by atoms with Gasteiger partial charge in [0.25, 0.3) is 0 Å². The van der Waals surface area contributed by atoms with Gasteiger partial charge in [0.1, 0.15) is 0 Å². The summed E-state index contributed by atoms with van der Waals surface area (Å²) < 4.78 is 2.10. The molecule has 1 aromatic heterocycles. The number of aromatic nitrogens is 1. The van der Waals surface area contributed by atoms with E-state index in [-0.39, 0.29) is 11.9 Å². The molecule has 49 heavy (non-hydrogen) atoms. The van der Waals surface area contributed by atoms with Crippen molar-refractivity contribution in [2.45, 2.75) is 12.5 Å². The largest absolute Gasteiger partial charge is 0.333 e. The molecule has 5 heteroatoms. The Labute approximate surface area is 285 Å². The molecule has 0 radical (unpaired) electrons. The number of nitrogens with zero attached hydrogens (tertiary/aromatic N) is 3. The van der Waals surface area contributed by atoms with Gasteiger partial charge in [0.15, 0.2) is 11.7 Å². The van der Waals surface area contributed by atoms with E-state index in [9.17, 15) is 0 Å². The maximum atomic E-state index is 8.81. The second-order valence-electron chi connectivity index (χ2n) is 12.5. The van der Waals surface area contributed by atoms with Gasteiger partial charge in [-0.15, -0.1) is 0 Å². The highest BCUT2D eigenvalue weighted by Gasteiger charge is 2.35. The maximum absolute atomic E-state index is 8.81. The molecule has 2 heterocycles. The number of hydrogen-bond donors (Lipinski definition) is 2. The zero-order valence-corrected chi connectivity index (χ0v) is 26.8. The average Bonchev–Trinajstić information content (AvgIpc) is 3.67. The zero-order chi connectivity index (χ0) is 32.7. The molecule has 1 aliphatic carbocycles. The van der Waals surface area contributed by atoms with Gasteiger partial charge in [0.05, 0.1) is 17.1 Å². The maximum Gasteiger partial charge on any atom is 0.154 e. The quantitative estimate of drug-likeness (QED) is 0.147. The van der Waals surface area contributed by atoms with E-state index in [2.05, 4.69) is 124 Å². The summed E-state index contributed by atoms with van der Waals surface area (Å²) in [5.74, 6) is 0.805. The molecule has 9 rings (SSSR count). The van der Waals surface area contributed by atoms with E-state index in [1.165, 1.54) is 33.6 Å². The van der Waals surface area contributed by atoms with E-state index in [0.29, 0.717) is 5.84 Å². The molecule has 6 aromatic carbocycles.